The summed E-state index contributed by atoms with van der Waals surface area (Å²) in [6, 6.07) is 0. The quantitative estimate of drug-likeness (QED) is 0.514. The number of likely N-dealkylation sites (N-methyl/N-ethyl adjacent to an activating group) is 1. The summed E-state index contributed by atoms with van der Waals surface area (Å²) >= 11 is 0. The summed E-state index contributed by atoms with van der Waals surface area (Å²) in [5.74, 6) is 0. The highest BCUT2D eigenvalue weighted by Crippen LogP contribution is 1.88. The van der Waals surface area contributed by atoms with Crippen molar-refractivity contribution in [2.45, 2.75) is 0 Å². The van der Waals surface area contributed by atoms with Gasteiger partial charge in [-0.1, -0.05) is 0 Å². The Morgan fingerprint density at radius 1 is 1.33 bits per heavy atom. The molecule has 0 rings (SSSR count). The molecule has 0 heterocycles. The van der Waals surface area contributed by atoms with E-state index in [0.29, 0.717) is 6.33 Å². The fraction of sp³-hybridized carbons (Fsp3) is 0.667. The Balaban J connectivity index is 0. The van der Waals surface area contributed by atoms with Crippen molar-refractivity contribution in [2.24, 2.45) is 0 Å². The Hall–Kier alpha value is 0.360. The van der Waals surface area contributed by atoms with E-state index in [1.807, 2.05) is 21.1 Å². The molecule has 0 aromatic carbocycles. The van der Waals surface area contributed by atoms with Crippen molar-refractivity contribution >= 4 is 24.0 Å². The Bertz CT molecular complexity index is 85.5. The average Bonchev–Trinajstić information content (AvgIpc) is 1.59. The van der Waals surface area contributed by atoms with Gasteiger partial charge in [-0.3, -0.25) is 0 Å². The van der Waals surface area contributed by atoms with Gasteiger partial charge in [-0.25, -0.2) is 4.39 Å². The number of rotatable bonds is 2. The molecule has 0 atom stereocenters. The second-order valence-electron chi connectivity index (χ2n) is 2.83. The maximum atomic E-state index is 11.3. The Labute approximate surface area is 73.2 Å². The van der Waals surface area contributed by atoms with Gasteiger partial charge in [0.05, 0.1) is 34.0 Å². The van der Waals surface area contributed by atoms with Crippen molar-refractivity contribution in [1.29, 1.82) is 0 Å². The van der Waals surface area contributed by atoms with Crippen LogP contribution in [0, 0.1) is 0 Å². The molecular weight excluding hydrogens is 232 g/mol. The molecule has 0 fully saturated rings. The zero-order chi connectivity index (χ0) is 6.62. The van der Waals surface area contributed by atoms with E-state index in [2.05, 4.69) is 0 Å². The Morgan fingerprint density at radius 2 is 1.78 bits per heavy atom. The van der Waals surface area contributed by atoms with E-state index in [1.165, 1.54) is 6.08 Å². The normalized spacial score (nSPS) is 11.6. The predicted molar refractivity (Wildman–Crippen MR) is 48.6 cm³/mol. The maximum absolute atomic E-state index is 11.3. The first-order chi connectivity index (χ1) is 3.56. The summed E-state index contributed by atoms with van der Waals surface area (Å²) in [7, 11) is 6.04. The molecule has 56 valence electrons. The lowest BCUT2D eigenvalue weighted by atomic mass is 10.5. The molecule has 0 spiro atoms. The third kappa shape index (κ3) is 11.8. The Morgan fingerprint density at radius 3 is 1.89 bits per heavy atom. The van der Waals surface area contributed by atoms with E-state index in [1.54, 1.807) is 0 Å². The molecule has 0 aliphatic rings. The standard InChI is InChI=1S/C6H13FN.HI/c1-8(2,3)6-4-5-7;/h4-5H,6H2,1-3H3;1H/q+1;. The number of halogens is 2. The van der Waals surface area contributed by atoms with Gasteiger partial charge in [-0.15, -0.1) is 24.0 Å². The summed E-state index contributed by atoms with van der Waals surface area (Å²) in [6.07, 6.45) is 2.10. The zero-order valence-corrected chi connectivity index (χ0v) is 8.43. The minimum Gasteiger partial charge on any atom is -0.328 e. The minimum absolute atomic E-state index is 0. The maximum Gasteiger partial charge on any atom is 0.0992 e. The van der Waals surface area contributed by atoms with Gasteiger partial charge in [-0.05, 0) is 6.08 Å². The van der Waals surface area contributed by atoms with Gasteiger partial charge >= 0.3 is 0 Å². The second kappa shape index (κ2) is 5.17. The molecule has 0 saturated heterocycles. The van der Waals surface area contributed by atoms with E-state index in [4.69, 9.17) is 0 Å². The highest BCUT2D eigenvalue weighted by Gasteiger charge is 2.00. The van der Waals surface area contributed by atoms with E-state index in [9.17, 15) is 4.39 Å². The molecule has 0 N–H and O–H groups in total. The molecule has 0 bridgehead atoms. The number of nitrogens with zero attached hydrogens (tertiary/aromatic N) is 1. The number of hydrogen-bond donors (Lipinski definition) is 0. The van der Waals surface area contributed by atoms with Crippen LogP contribution in [0.2, 0.25) is 0 Å². The lowest BCUT2D eigenvalue weighted by Crippen LogP contribution is -2.34. The molecule has 0 radical (unpaired) electrons. The minimum atomic E-state index is 0. The van der Waals surface area contributed by atoms with Crippen LogP contribution < -0.4 is 0 Å². The molecule has 3 heteroatoms. The molecule has 9 heavy (non-hydrogen) atoms. The lowest BCUT2D eigenvalue weighted by Gasteiger charge is -2.21. The first-order valence-corrected chi connectivity index (χ1v) is 2.62. The first kappa shape index (κ1) is 12.1. The van der Waals surface area contributed by atoms with Crippen LogP contribution in [0.3, 0.4) is 0 Å². The second-order valence-corrected chi connectivity index (χ2v) is 2.83. The van der Waals surface area contributed by atoms with E-state index < -0.39 is 0 Å². The van der Waals surface area contributed by atoms with Gasteiger partial charge in [0.25, 0.3) is 0 Å². The molecule has 0 unspecified atom stereocenters. The molecule has 1 nitrogen and oxygen atoms in total. The van der Waals surface area contributed by atoms with Gasteiger partial charge in [0, 0.05) is 0 Å². The van der Waals surface area contributed by atoms with Gasteiger partial charge in [0.2, 0.25) is 0 Å². The predicted octanol–water partition coefficient (Wildman–Crippen LogP) is 1.79. The number of hydrogen-bond acceptors (Lipinski definition) is 0. The molecule has 0 amide bonds. The smallest absolute Gasteiger partial charge is 0.0992 e. The summed E-state index contributed by atoms with van der Waals surface area (Å²) in [5, 5.41) is 0. The monoisotopic (exact) mass is 246 g/mol. The largest absolute Gasteiger partial charge is 0.328 e. The van der Waals surface area contributed by atoms with Crippen molar-refractivity contribution in [1.82, 2.24) is 0 Å². The van der Waals surface area contributed by atoms with Crippen molar-refractivity contribution in [3.63, 3.8) is 0 Å². The SMILES string of the molecule is C[N+](C)(C)CC=CF.I. The van der Waals surface area contributed by atoms with Crippen LogP contribution in [-0.2, 0) is 0 Å². The molecule has 0 aliphatic heterocycles. The fourth-order valence-corrected chi connectivity index (χ4v) is 0.356. The summed E-state index contributed by atoms with van der Waals surface area (Å²) in [4.78, 5) is 0. The summed E-state index contributed by atoms with van der Waals surface area (Å²) in [6.45, 7) is 0.747. The van der Waals surface area contributed by atoms with Crippen molar-refractivity contribution in [3.8, 4) is 0 Å². The van der Waals surface area contributed by atoms with E-state index in [0.717, 1.165) is 11.0 Å². The van der Waals surface area contributed by atoms with Crippen LogP contribution in [0.25, 0.3) is 0 Å². The molecule has 0 aromatic heterocycles. The van der Waals surface area contributed by atoms with Crippen LogP contribution in [0.5, 0.6) is 0 Å². The van der Waals surface area contributed by atoms with Crippen molar-refractivity contribution < 1.29 is 8.87 Å². The Kier molecular flexibility index (Phi) is 6.94. The van der Waals surface area contributed by atoms with Crippen LogP contribution in [0.4, 0.5) is 4.39 Å². The van der Waals surface area contributed by atoms with Crippen LogP contribution in [0.1, 0.15) is 0 Å². The highest BCUT2D eigenvalue weighted by molar-refractivity contribution is 14.0. The van der Waals surface area contributed by atoms with Crippen LogP contribution in [-0.4, -0.2) is 32.2 Å². The van der Waals surface area contributed by atoms with Crippen molar-refractivity contribution in [3.05, 3.63) is 12.4 Å². The summed E-state index contributed by atoms with van der Waals surface area (Å²) in [5.41, 5.74) is 0. The summed E-state index contributed by atoms with van der Waals surface area (Å²) < 4.78 is 12.1. The average molecular weight is 246 g/mol. The zero-order valence-electron chi connectivity index (χ0n) is 6.10. The first-order valence-electron chi connectivity index (χ1n) is 2.62. The third-order valence-electron chi connectivity index (χ3n) is 0.742. The third-order valence-corrected chi connectivity index (χ3v) is 0.742. The topological polar surface area (TPSA) is 0 Å². The van der Waals surface area contributed by atoms with Crippen LogP contribution in [0.15, 0.2) is 12.4 Å². The van der Waals surface area contributed by atoms with Crippen molar-refractivity contribution in [2.75, 3.05) is 27.7 Å². The van der Waals surface area contributed by atoms with Gasteiger partial charge < -0.3 is 4.48 Å². The highest BCUT2D eigenvalue weighted by atomic mass is 127. The molecular formula is C6H14FIN+. The number of quaternary nitrogens is 1. The van der Waals surface area contributed by atoms with Crippen LogP contribution >= 0.6 is 24.0 Å². The lowest BCUT2D eigenvalue weighted by molar-refractivity contribution is -0.864. The van der Waals surface area contributed by atoms with E-state index >= 15 is 0 Å². The van der Waals surface area contributed by atoms with Gasteiger partial charge in [0.15, 0.2) is 0 Å². The molecule has 0 aliphatic carbocycles. The molecule has 0 aromatic rings. The van der Waals surface area contributed by atoms with Gasteiger partial charge in [0.1, 0.15) is 0 Å². The fourth-order valence-electron chi connectivity index (χ4n) is 0.356. The van der Waals surface area contributed by atoms with Gasteiger partial charge in [-0.2, -0.15) is 0 Å². The van der Waals surface area contributed by atoms with E-state index in [-0.39, 0.29) is 24.0 Å². The molecule has 0 saturated carbocycles.